The van der Waals surface area contributed by atoms with E-state index in [0.717, 1.165) is 5.76 Å². The summed E-state index contributed by atoms with van der Waals surface area (Å²) < 4.78 is 4.95. The zero-order valence-electron chi connectivity index (χ0n) is 6.82. The largest absolute Gasteiger partial charge is 0.497 e. The predicted octanol–water partition coefficient (Wildman–Crippen LogP) is 0.934. The van der Waals surface area contributed by atoms with Crippen LogP contribution in [0.3, 0.4) is 0 Å². The van der Waals surface area contributed by atoms with Crippen LogP contribution in [0.1, 0.15) is 6.42 Å². The molecule has 0 fully saturated rings. The van der Waals surface area contributed by atoms with Crippen molar-refractivity contribution in [3.8, 4) is 0 Å². The normalized spacial score (nSPS) is 18.4. The molecular weight excluding hydrogens is 199 g/mol. The molecule has 0 radical (unpaired) electrons. The van der Waals surface area contributed by atoms with Gasteiger partial charge in [0.2, 0.25) is 0 Å². The van der Waals surface area contributed by atoms with Gasteiger partial charge in [-0.05, 0) is 18.2 Å². The Balaban J connectivity index is 0. The van der Waals surface area contributed by atoms with Crippen molar-refractivity contribution in [2.75, 3.05) is 7.11 Å². The van der Waals surface area contributed by atoms with Gasteiger partial charge in [0.25, 0.3) is 0 Å². The summed E-state index contributed by atoms with van der Waals surface area (Å²) >= 11 is 0. The Hall–Kier alpha value is -0.220. The first kappa shape index (κ1) is 14.3. The Bertz CT molecular complexity index is 190. The molecule has 0 aromatic heterocycles. The molecule has 0 bridgehead atoms. The van der Waals surface area contributed by atoms with E-state index >= 15 is 0 Å². The smallest absolute Gasteiger partial charge is 0.114 e. The van der Waals surface area contributed by atoms with E-state index in [1.807, 2.05) is 6.08 Å². The molecule has 0 atom stereocenters. The Morgan fingerprint density at radius 2 is 2.00 bits per heavy atom. The van der Waals surface area contributed by atoms with Gasteiger partial charge < -0.3 is 16.2 Å². The lowest BCUT2D eigenvalue weighted by Gasteiger charge is -2.21. The summed E-state index contributed by atoms with van der Waals surface area (Å²) in [7, 11) is 1.62. The maximum absolute atomic E-state index is 5.59. The van der Waals surface area contributed by atoms with Crippen LogP contribution in [0, 0.1) is 0 Å². The average Bonchev–Trinajstić information content (AvgIpc) is 1.88. The molecule has 72 valence electrons. The van der Waals surface area contributed by atoms with E-state index in [9.17, 15) is 0 Å². The van der Waals surface area contributed by atoms with Gasteiger partial charge in [0.15, 0.2) is 0 Å². The highest BCUT2D eigenvalue weighted by Crippen LogP contribution is 2.13. The number of hydrogen-bond donors (Lipinski definition) is 2. The fraction of sp³-hybridized carbons (Fsp3) is 0.429. The second-order valence-electron chi connectivity index (χ2n) is 2.46. The molecule has 1 rings (SSSR count). The molecule has 0 saturated heterocycles. The van der Waals surface area contributed by atoms with Gasteiger partial charge in [0.1, 0.15) is 5.76 Å². The standard InChI is InChI=1S/C7H12N2O.2ClH/c1-10-6-2-4-7(8,9)5-3-6;;/h2-4H,5,8-9H2,1H3;2*1H. The van der Waals surface area contributed by atoms with Gasteiger partial charge in [-0.1, -0.05) is 0 Å². The summed E-state index contributed by atoms with van der Waals surface area (Å²) in [6.07, 6.45) is 6.03. The molecule has 0 heterocycles. The van der Waals surface area contributed by atoms with Crippen LogP contribution in [0.15, 0.2) is 24.0 Å². The lowest BCUT2D eigenvalue weighted by molar-refractivity contribution is 0.299. The van der Waals surface area contributed by atoms with Crippen LogP contribution < -0.4 is 11.5 Å². The quantitative estimate of drug-likeness (QED) is 0.637. The SMILES string of the molecule is COC1=CCC(N)(N)C=C1.Cl.Cl. The van der Waals surface area contributed by atoms with Gasteiger partial charge in [-0.3, -0.25) is 0 Å². The van der Waals surface area contributed by atoms with E-state index < -0.39 is 5.66 Å². The second kappa shape index (κ2) is 5.43. The van der Waals surface area contributed by atoms with Crippen LogP contribution in [0.4, 0.5) is 0 Å². The molecule has 0 saturated carbocycles. The van der Waals surface area contributed by atoms with Gasteiger partial charge in [-0.25, -0.2) is 0 Å². The average molecular weight is 213 g/mol. The molecule has 4 N–H and O–H groups in total. The molecule has 0 unspecified atom stereocenters. The van der Waals surface area contributed by atoms with Gasteiger partial charge in [0, 0.05) is 6.42 Å². The van der Waals surface area contributed by atoms with E-state index in [4.69, 9.17) is 16.2 Å². The molecule has 0 aromatic rings. The van der Waals surface area contributed by atoms with Gasteiger partial charge in [-0.15, -0.1) is 24.8 Å². The highest BCUT2D eigenvalue weighted by Gasteiger charge is 2.16. The Kier molecular flexibility index (Phi) is 6.48. The van der Waals surface area contributed by atoms with Crippen molar-refractivity contribution < 1.29 is 4.74 Å². The fourth-order valence-electron chi connectivity index (χ4n) is 0.802. The van der Waals surface area contributed by atoms with Gasteiger partial charge in [0.05, 0.1) is 12.8 Å². The topological polar surface area (TPSA) is 61.3 Å². The summed E-state index contributed by atoms with van der Waals surface area (Å²) in [5.74, 6) is 0.825. The Morgan fingerprint density at radius 3 is 2.33 bits per heavy atom. The van der Waals surface area contributed by atoms with E-state index in [1.54, 1.807) is 19.3 Å². The molecular formula is C7H14Cl2N2O. The van der Waals surface area contributed by atoms with Crippen molar-refractivity contribution in [1.29, 1.82) is 0 Å². The minimum Gasteiger partial charge on any atom is -0.497 e. The highest BCUT2D eigenvalue weighted by atomic mass is 35.5. The summed E-state index contributed by atoms with van der Waals surface area (Å²) in [6.45, 7) is 0. The van der Waals surface area contributed by atoms with Crippen LogP contribution >= 0.6 is 24.8 Å². The molecule has 1 aliphatic rings. The number of allylic oxidation sites excluding steroid dienone is 1. The highest BCUT2D eigenvalue weighted by molar-refractivity contribution is 5.85. The van der Waals surface area contributed by atoms with Crippen molar-refractivity contribution >= 4 is 24.8 Å². The monoisotopic (exact) mass is 212 g/mol. The number of ether oxygens (including phenoxy) is 1. The van der Waals surface area contributed by atoms with Crippen molar-refractivity contribution in [2.24, 2.45) is 11.5 Å². The zero-order valence-corrected chi connectivity index (χ0v) is 8.45. The number of hydrogen-bond acceptors (Lipinski definition) is 3. The first-order valence-electron chi connectivity index (χ1n) is 3.15. The molecule has 0 spiro atoms. The molecule has 0 aliphatic heterocycles. The first-order valence-corrected chi connectivity index (χ1v) is 3.15. The van der Waals surface area contributed by atoms with Crippen LogP contribution in [0.25, 0.3) is 0 Å². The maximum Gasteiger partial charge on any atom is 0.114 e. The Labute approximate surface area is 84.6 Å². The summed E-state index contributed by atoms with van der Waals surface area (Å²) in [4.78, 5) is 0. The molecule has 1 aliphatic carbocycles. The molecule has 0 aromatic carbocycles. The minimum atomic E-state index is -0.679. The maximum atomic E-state index is 5.59. The van der Waals surface area contributed by atoms with E-state index in [2.05, 4.69) is 0 Å². The summed E-state index contributed by atoms with van der Waals surface area (Å²) in [5, 5.41) is 0. The molecule has 5 heteroatoms. The molecule has 0 amide bonds. The lowest BCUT2D eigenvalue weighted by atomic mass is 10.0. The van der Waals surface area contributed by atoms with Crippen LogP contribution in [0.5, 0.6) is 0 Å². The number of halogens is 2. The van der Waals surface area contributed by atoms with E-state index in [1.165, 1.54) is 0 Å². The third-order valence-electron chi connectivity index (χ3n) is 1.45. The molecule has 12 heavy (non-hydrogen) atoms. The Morgan fingerprint density at radius 1 is 1.42 bits per heavy atom. The van der Waals surface area contributed by atoms with E-state index in [-0.39, 0.29) is 24.8 Å². The van der Waals surface area contributed by atoms with E-state index in [0.29, 0.717) is 6.42 Å². The summed E-state index contributed by atoms with van der Waals surface area (Å²) in [5.41, 5.74) is 10.5. The van der Waals surface area contributed by atoms with Gasteiger partial charge >= 0.3 is 0 Å². The van der Waals surface area contributed by atoms with Crippen molar-refractivity contribution in [2.45, 2.75) is 12.1 Å². The fourth-order valence-corrected chi connectivity index (χ4v) is 0.802. The van der Waals surface area contributed by atoms with Crippen molar-refractivity contribution in [3.63, 3.8) is 0 Å². The number of nitrogens with two attached hydrogens (primary N) is 2. The summed E-state index contributed by atoms with van der Waals surface area (Å²) in [6, 6.07) is 0. The molecule has 3 nitrogen and oxygen atoms in total. The predicted molar refractivity (Wildman–Crippen MR) is 54.5 cm³/mol. The second-order valence-corrected chi connectivity index (χ2v) is 2.46. The first-order chi connectivity index (χ1) is 4.64. The zero-order chi connectivity index (χ0) is 7.61. The van der Waals surface area contributed by atoms with Crippen molar-refractivity contribution in [1.82, 2.24) is 0 Å². The third kappa shape index (κ3) is 3.97. The van der Waals surface area contributed by atoms with Crippen LogP contribution in [-0.4, -0.2) is 12.8 Å². The number of methoxy groups -OCH3 is 1. The van der Waals surface area contributed by atoms with Gasteiger partial charge in [-0.2, -0.15) is 0 Å². The van der Waals surface area contributed by atoms with Crippen LogP contribution in [-0.2, 0) is 4.74 Å². The lowest BCUT2D eigenvalue weighted by Crippen LogP contribution is -2.47. The minimum absolute atomic E-state index is 0. The van der Waals surface area contributed by atoms with Crippen molar-refractivity contribution in [3.05, 3.63) is 24.0 Å². The van der Waals surface area contributed by atoms with Crippen LogP contribution in [0.2, 0.25) is 0 Å². The third-order valence-corrected chi connectivity index (χ3v) is 1.45. The number of rotatable bonds is 1.